The number of ether oxygens (including phenoxy) is 1. The van der Waals surface area contributed by atoms with E-state index in [2.05, 4.69) is 5.10 Å². The first kappa shape index (κ1) is 9.51. The van der Waals surface area contributed by atoms with Crippen molar-refractivity contribution in [3.05, 3.63) is 24.3 Å². The SMILES string of the molecule is Cn1nc2ccccc2c1OCC(=O)O. The van der Waals surface area contributed by atoms with E-state index in [0.29, 0.717) is 5.88 Å². The van der Waals surface area contributed by atoms with Crippen LogP contribution in [-0.4, -0.2) is 27.5 Å². The molecule has 5 nitrogen and oxygen atoms in total. The number of aliphatic carboxylic acids is 1. The summed E-state index contributed by atoms with van der Waals surface area (Å²) in [5, 5.41) is 13.5. The number of carbonyl (C=O) groups is 1. The zero-order valence-electron chi connectivity index (χ0n) is 8.17. The van der Waals surface area contributed by atoms with Gasteiger partial charge >= 0.3 is 5.97 Å². The third-order valence-corrected chi connectivity index (χ3v) is 2.02. The molecular formula is C10H10N2O3. The Morgan fingerprint density at radius 3 is 3.00 bits per heavy atom. The Morgan fingerprint density at radius 1 is 1.53 bits per heavy atom. The minimum absolute atomic E-state index is 0.358. The van der Waals surface area contributed by atoms with Gasteiger partial charge in [-0.15, -0.1) is 0 Å². The Balaban J connectivity index is 2.40. The molecule has 2 aromatic rings. The fourth-order valence-electron chi connectivity index (χ4n) is 1.42. The highest BCUT2D eigenvalue weighted by molar-refractivity contribution is 5.84. The van der Waals surface area contributed by atoms with Crippen LogP contribution in [0.3, 0.4) is 0 Å². The largest absolute Gasteiger partial charge is 0.479 e. The molecule has 0 saturated heterocycles. The van der Waals surface area contributed by atoms with Gasteiger partial charge in [0, 0.05) is 7.05 Å². The monoisotopic (exact) mass is 206 g/mol. The minimum Gasteiger partial charge on any atom is -0.479 e. The molecule has 0 radical (unpaired) electrons. The summed E-state index contributed by atoms with van der Waals surface area (Å²) < 4.78 is 6.69. The molecule has 0 aliphatic rings. The van der Waals surface area contributed by atoms with Gasteiger partial charge in [0.2, 0.25) is 5.88 Å². The summed E-state index contributed by atoms with van der Waals surface area (Å²) >= 11 is 0. The highest BCUT2D eigenvalue weighted by Crippen LogP contribution is 2.23. The van der Waals surface area contributed by atoms with Crippen LogP contribution in [0.2, 0.25) is 0 Å². The normalized spacial score (nSPS) is 10.5. The molecule has 0 saturated carbocycles. The van der Waals surface area contributed by atoms with E-state index in [1.807, 2.05) is 24.3 Å². The third kappa shape index (κ3) is 1.76. The van der Waals surface area contributed by atoms with Crippen molar-refractivity contribution in [1.29, 1.82) is 0 Å². The molecular weight excluding hydrogens is 196 g/mol. The molecule has 1 aromatic carbocycles. The molecule has 0 unspecified atom stereocenters. The molecule has 1 N–H and O–H groups in total. The molecule has 5 heteroatoms. The topological polar surface area (TPSA) is 64.4 Å². The average molecular weight is 206 g/mol. The van der Waals surface area contributed by atoms with E-state index >= 15 is 0 Å². The quantitative estimate of drug-likeness (QED) is 0.814. The van der Waals surface area contributed by atoms with Crippen LogP contribution in [0, 0.1) is 0 Å². The standard InChI is InChI=1S/C10H10N2O3/c1-12-10(15-6-9(13)14)7-4-2-3-5-8(7)11-12/h2-5H,6H2,1H3,(H,13,14). The number of fused-ring (bicyclic) bond motifs is 1. The Morgan fingerprint density at radius 2 is 2.27 bits per heavy atom. The van der Waals surface area contributed by atoms with E-state index in [0.717, 1.165) is 10.9 Å². The van der Waals surface area contributed by atoms with E-state index in [-0.39, 0.29) is 6.61 Å². The van der Waals surface area contributed by atoms with E-state index in [9.17, 15) is 4.79 Å². The number of hydrogen-bond acceptors (Lipinski definition) is 3. The van der Waals surface area contributed by atoms with Crippen LogP contribution in [0.4, 0.5) is 0 Å². The molecule has 0 bridgehead atoms. The predicted octanol–water partition coefficient (Wildman–Crippen LogP) is 1.04. The number of aromatic nitrogens is 2. The molecule has 1 aromatic heterocycles. The maximum absolute atomic E-state index is 10.4. The maximum Gasteiger partial charge on any atom is 0.341 e. The molecule has 1 heterocycles. The van der Waals surface area contributed by atoms with Crippen LogP contribution < -0.4 is 4.74 Å². The smallest absolute Gasteiger partial charge is 0.341 e. The summed E-state index contributed by atoms with van der Waals surface area (Å²) in [7, 11) is 1.72. The van der Waals surface area contributed by atoms with E-state index in [1.165, 1.54) is 4.68 Å². The highest BCUT2D eigenvalue weighted by Gasteiger charge is 2.10. The van der Waals surface area contributed by atoms with Gasteiger partial charge in [-0.1, -0.05) is 12.1 Å². The summed E-state index contributed by atoms with van der Waals surface area (Å²) in [6, 6.07) is 7.43. The summed E-state index contributed by atoms with van der Waals surface area (Å²) in [6.07, 6.45) is 0. The van der Waals surface area contributed by atoms with Crippen LogP contribution in [0.1, 0.15) is 0 Å². The first-order valence-corrected chi connectivity index (χ1v) is 4.45. The molecule has 0 fully saturated rings. The zero-order valence-corrected chi connectivity index (χ0v) is 8.17. The Labute approximate surface area is 85.9 Å². The van der Waals surface area contributed by atoms with Crippen molar-refractivity contribution < 1.29 is 14.6 Å². The predicted molar refractivity (Wildman–Crippen MR) is 53.8 cm³/mol. The van der Waals surface area contributed by atoms with Crippen molar-refractivity contribution in [2.45, 2.75) is 0 Å². The number of benzene rings is 1. The Kier molecular flexibility index (Phi) is 2.29. The van der Waals surface area contributed by atoms with Gasteiger partial charge in [-0.2, -0.15) is 5.10 Å². The number of hydrogen-bond donors (Lipinski definition) is 1. The molecule has 0 aliphatic carbocycles. The second-order valence-electron chi connectivity index (χ2n) is 3.13. The van der Waals surface area contributed by atoms with Crippen LogP contribution in [0.15, 0.2) is 24.3 Å². The van der Waals surface area contributed by atoms with Gasteiger partial charge in [0.15, 0.2) is 6.61 Å². The van der Waals surface area contributed by atoms with Gasteiger partial charge in [-0.25, -0.2) is 9.48 Å². The second-order valence-corrected chi connectivity index (χ2v) is 3.13. The fourth-order valence-corrected chi connectivity index (χ4v) is 1.42. The number of carboxylic acids is 1. The molecule has 0 aliphatic heterocycles. The van der Waals surface area contributed by atoms with Gasteiger partial charge in [0.05, 0.1) is 10.9 Å². The number of nitrogens with zero attached hydrogens (tertiary/aromatic N) is 2. The Bertz CT molecular complexity index is 504. The third-order valence-electron chi connectivity index (χ3n) is 2.02. The van der Waals surface area contributed by atoms with E-state index < -0.39 is 5.97 Å². The van der Waals surface area contributed by atoms with Crippen LogP contribution in [0.25, 0.3) is 10.9 Å². The average Bonchev–Trinajstić information content (AvgIpc) is 2.50. The zero-order chi connectivity index (χ0) is 10.8. The lowest BCUT2D eigenvalue weighted by molar-refractivity contribution is -0.139. The van der Waals surface area contributed by atoms with Crippen molar-refractivity contribution in [3.63, 3.8) is 0 Å². The van der Waals surface area contributed by atoms with Crippen molar-refractivity contribution in [2.75, 3.05) is 6.61 Å². The Hall–Kier alpha value is -2.04. The van der Waals surface area contributed by atoms with Gasteiger partial charge in [-0.3, -0.25) is 0 Å². The first-order chi connectivity index (χ1) is 7.18. The summed E-state index contributed by atoms with van der Waals surface area (Å²) in [5.74, 6) is -0.520. The van der Waals surface area contributed by atoms with Gasteiger partial charge in [-0.05, 0) is 12.1 Å². The summed E-state index contributed by atoms with van der Waals surface area (Å²) in [6.45, 7) is -0.358. The van der Waals surface area contributed by atoms with Gasteiger partial charge < -0.3 is 9.84 Å². The summed E-state index contributed by atoms with van der Waals surface area (Å²) in [5.41, 5.74) is 0.792. The van der Waals surface area contributed by atoms with Gasteiger partial charge in [0.1, 0.15) is 0 Å². The fraction of sp³-hybridized carbons (Fsp3) is 0.200. The van der Waals surface area contributed by atoms with Crippen molar-refractivity contribution in [1.82, 2.24) is 9.78 Å². The van der Waals surface area contributed by atoms with E-state index in [4.69, 9.17) is 9.84 Å². The molecule has 2 rings (SSSR count). The van der Waals surface area contributed by atoms with E-state index in [1.54, 1.807) is 7.05 Å². The number of rotatable bonds is 3. The summed E-state index contributed by atoms with van der Waals surface area (Å²) in [4.78, 5) is 10.4. The molecule has 15 heavy (non-hydrogen) atoms. The number of aryl methyl sites for hydroxylation is 1. The molecule has 0 amide bonds. The minimum atomic E-state index is -1.000. The molecule has 78 valence electrons. The lowest BCUT2D eigenvalue weighted by Gasteiger charge is -2.02. The van der Waals surface area contributed by atoms with Crippen LogP contribution in [-0.2, 0) is 11.8 Å². The lowest BCUT2D eigenvalue weighted by Crippen LogP contribution is -2.11. The van der Waals surface area contributed by atoms with Crippen LogP contribution in [0.5, 0.6) is 5.88 Å². The van der Waals surface area contributed by atoms with Gasteiger partial charge in [0.25, 0.3) is 0 Å². The molecule has 0 atom stereocenters. The molecule has 0 spiro atoms. The number of carboxylic acid groups (broad SMARTS) is 1. The van der Waals surface area contributed by atoms with Crippen molar-refractivity contribution >= 4 is 16.9 Å². The van der Waals surface area contributed by atoms with Crippen molar-refractivity contribution in [2.24, 2.45) is 7.05 Å². The van der Waals surface area contributed by atoms with Crippen LogP contribution >= 0.6 is 0 Å². The second kappa shape index (κ2) is 3.61. The van der Waals surface area contributed by atoms with Crippen molar-refractivity contribution in [3.8, 4) is 5.88 Å². The first-order valence-electron chi connectivity index (χ1n) is 4.45. The highest BCUT2D eigenvalue weighted by atomic mass is 16.5. The maximum atomic E-state index is 10.4. The lowest BCUT2D eigenvalue weighted by atomic mass is 10.2.